The Morgan fingerprint density at radius 1 is 1.33 bits per heavy atom. The number of allylic oxidation sites excluding steroid dienone is 6. The normalized spacial score (nSPS) is 18.3. The van der Waals surface area contributed by atoms with E-state index in [4.69, 9.17) is 0 Å². The van der Waals surface area contributed by atoms with Gasteiger partial charge in [0.2, 0.25) is 0 Å². The minimum absolute atomic E-state index is 0.0842. The molecular weight excluding hydrogens is 162 g/mol. The van der Waals surface area contributed by atoms with Gasteiger partial charge in [-0.05, 0) is 24.1 Å². The Bertz CT molecular complexity index is 274. The third-order valence-corrected chi connectivity index (χ3v) is 1.59. The van der Waals surface area contributed by atoms with Crippen LogP contribution in [-0.2, 0) is 4.79 Å². The van der Waals surface area contributed by atoms with E-state index in [0.29, 0.717) is 18.3 Å². The maximum Gasteiger partial charge on any atom is 0.154 e. The summed E-state index contributed by atoms with van der Waals surface area (Å²) in [6, 6.07) is 0. The molecule has 0 bridgehead atoms. The molecule has 3 heteroatoms. The van der Waals surface area contributed by atoms with Gasteiger partial charge in [0.15, 0.2) is 5.83 Å². The van der Waals surface area contributed by atoms with Crippen molar-refractivity contribution in [1.82, 2.24) is 0 Å². The third-order valence-electron chi connectivity index (χ3n) is 1.59. The van der Waals surface area contributed by atoms with Gasteiger partial charge in [-0.2, -0.15) is 0 Å². The Labute approximate surface area is 69.1 Å². The molecule has 0 unspecified atom stereocenters. The topological polar surface area (TPSA) is 17.1 Å². The van der Waals surface area contributed by atoms with Crippen LogP contribution < -0.4 is 0 Å². The van der Waals surface area contributed by atoms with Crippen LogP contribution in [0.2, 0.25) is 0 Å². The van der Waals surface area contributed by atoms with E-state index in [1.807, 2.05) is 0 Å². The molecule has 0 aromatic carbocycles. The van der Waals surface area contributed by atoms with Crippen molar-refractivity contribution < 1.29 is 13.6 Å². The summed E-state index contributed by atoms with van der Waals surface area (Å²) in [6.45, 7) is 0. The van der Waals surface area contributed by atoms with Crippen LogP contribution in [0.25, 0.3) is 0 Å². The lowest BCUT2D eigenvalue weighted by Crippen LogP contribution is -1.91. The first-order valence-corrected chi connectivity index (χ1v) is 3.60. The molecule has 0 aliphatic heterocycles. The number of carbonyl (C=O) groups is 1. The molecule has 1 aliphatic rings. The minimum Gasteiger partial charge on any atom is -0.299 e. The largest absolute Gasteiger partial charge is 0.299 e. The van der Waals surface area contributed by atoms with Crippen LogP contribution in [0.15, 0.2) is 35.5 Å². The van der Waals surface area contributed by atoms with E-state index in [2.05, 4.69) is 0 Å². The van der Waals surface area contributed by atoms with Crippen LogP contribution in [-0.4, -0.2) is 6.29 Å². The summed E-state index contributed by atoms with van der Waals surface area (Å²) in [4.78, 5) is 9.90. The van der Waals surface area contributed by atoms with Gasteiger partial charge in [-0.25, -0.2) is 8.78 Å². The highest BCUT2D eigenvalue weighted by Crippen LogP contribution is 2.25. The van der Waals surface area contributed by atoms with Crippen molar-refractivity contribution in [3.05, 3.63) is 35.5 Å². The third kappa shape index (κ3) is 2.12. The van der Waals surface area contributed by atoms with Gasteiger partial charge in [0.1, 0.15) is 12.1 Å². The van der Waals surface area contributed by atoms with Crippen molar-refractivity contribution >= 4 is 6.29 Å². The van der Waals surface area contributed by atoms with Gasteiger partial charge >= 0.3 is 0 Å². The van der Waals surface area contributed by atoms with E-state index in [0.717, 1.165) is 6.08 Å². The maximum atomic E-state index is 12.6. The second-order valence-electron chi connectivity index (χ2n) is 2.47. The molecule has 0 fully saturated rings. The van der Waals surface area contributed by atoms with E-state index in [1.165, 1.54) is 12.2 Å². The average molecular weight is 170 g/mol. The highest BCUT2D eigenvalue weighted by atomic mass is 19.2. The van der Waals surface area contributed by atoms with Gasteiger partial charge in [0.05, 0.1) is 0 Å². The first-order valence-electron chi connectivity index (χ1n) is 3.60. The SMILES string of the molecule is O=C/C=C/C1=CC(F)=C(F)CC1. The molecule has 0 spiro atoms. The lowest BCUT2D eigenvalue weighted by molar-refractivity contribution is -0.104. The first-order chi connectivity index (χ1) is 5.74. The Morgan fingerprint density at radius 3 is 2.67 bits per heavy atom. The van der Waals surface area contributed by atoms with Crippen LogP contribution >= 0.6 is 0 Å². The fourth-order valence-corrected chi connectivity index (χ4v) is 0.981. The number of hydrogen-bond donors (Lipinski definition) is 0. The van der Waals surface area contributed by atoms with Crippen LogP contribution in [0.5, 0.6) is 0 Å². The van der Waals surface area contributed by atoms with Crippen molar-refractivity contribution in [2.75, 3.05) is 0 Å². The highest BCUT2D eigenvalue weighted by molar-refractivity contribution is 5.66. The molecule has 0 saturated carbocycles. The van der Waals surface area contributed by atoms with E-state index in [9.17, 15) is 13.6 Å². The zero-order valence-corrected chi connectivity index (χ0v) is 6.39. The van der Waals surface area contributed by atoms with Crippen molar-refractivity contribution in [3.63, 3.8) is 0 Å². The number of halogens is 2. The molecule has 0 heterocycles. The predicted octanol–water partition coefficient (Wildman–Crippen LogP) is 2.61. The van der Waals surface area contributed by atoms with Gasteiger partial charge in [0.25, 0.3) is 0 Å². The Hall–Kier alpha value is -1.25. The lowest BCUT2D eigenvalue weighted by atomic mass is 10.0. The van der Waals surface area contributed by atoms with Crippen LogP contribution in [0.1, 0.15) is 12.8 Å². The highest BCUT2D eigenvalue weighted by Gasteiger charge is 2.10. The summed E-state index contributed by atoms with van der Waals surface area (Å²) < 4.78 is 25.0. The van der Waals surface area contributed by atoms with Gasteiger partial charge in [0, 0.05) is 6.42 Å². The minimum atomic E-state index is -0.827. The summed E-state index contributed by atoms with van der Waals surface area (Å²) >= 11 is 0. The van der Waals surface area contributed by atoms with Crippen LogP contribution in [0.4, 0.5) is 8.78 Å². The summed E-state index contributed by atoms with van der Waals surface area (Å²) in [7, 11) is 0. The molecule has 0 saturated heterocycles. The number of aldehydes is 1. The zero-order valence-electron chi connectivity index (χ0n) is 6.39. The van der Waals surface area contributed by atoms with E-state index in [1.54, 1.807) is 0 Å². The molecule has 0 aromatic rings. The van der Waals surface area contributed by atoms with Gasteiger partial charge in [-0.1, -0.05) is 6.08 Å². The molecule has 1 rings (SSSR count). The van der Waals surface area contributed by atoms with Crippen molar-refractivity contribution in [1.29, 1.82) is 0 Å². The number of hydrogen-bond acceptors (Lipinski definition) is 1. The van der Waals surface area contributed by atoms with Gasteiger partial charge in [-0.3, -0.25) is 4.79 Å². The van der Waals surface area contributed by atoms with Crippen molar-refractivity contribution in [2.45, 2.75) is 12.8 Å². The van der Waals surface area contributed by atoms with Crippen molar-refractivity contribution in [2.24, 2.45) is 0 Å². The molecular formula is C9H8F2O. The Kier molecular flexibility index (Phi) is 2.91. The fraction of sp³-hybridized carbons (Fsp3) is 0.222. The molecule has 0 atom stereocenters. The molecule has 0 aromatic heterocycles. The van der Waals surface area contributed by atoms with Crippen LogP contribution in [0, 0.1) is 0 Å². The van der Waals surface area contributed by atoms with E-state index in [-0.39, 0.29) is 6.42 Å². The Balaban J connectivity index is 2.76. The van der Waals surface area contributed by atoms with E-state index >= 15 is 0 Å². The smallest absolute Gasteiger partial charge is 0.154 e. The first kappa shape index (κ1) is 8.84. The van der Waals surface area contributed by atoms with Gasteiger partial charge < -0.3 is 0 Å². The quantitative estimate of drug-likeness (QED) is 0.460. The second-order valence-corrected chi connectivity index (χ2v) is 2.47. The molecule has 0 N–H and O–H groups in total. The molecule has 12 heavy (non-hydrogen) atoms. The monoisotopic (exact) mass is 170 g/mol. The molecule has 64 valence electrons. The standard InChI is InChI=1S/C9H8F2O/c10-8-4-3-7(2-1-5-12)6-9(8)11/h1-2,5-6H,3-4H2/b2-1+. The Morgan fingerprint density at radius 2 is 2.08 bits per heavy atom. The molecule has 0 radical (unpaired) electrons. The zero-order chi connectivity index (χ0) is 8.97. The summed E-state index contributed by atoms with van der Waals surface area (Å²) in [5, 5.41) is 0. The summed E-state index contributed by atoms with van der Waals surface area (Å²) in [5.41, 5.74) is 0.640. The molecule has 0 amide bonds. The maximum absolute atomic E-state index is 12.6. The fourth-order valence-electron chi connectivity index (χ4n) is 0.981. The number of carbonyl (C=O) groups excluding carboxylic acids is 1. The average Bonchev–Trinajstić information content (AvgIpc) is 2.07. The van der Waals surface area contributed by atoms with Crippen LogP contribution in [0.3, 0.4) is 0 Å². The predicted molar refractivity (Wildman–Crippen MR) is 41.8 cm³/mol. The lowest BCUT2D eigenvalue weighted by Gasteiger charge is -2.06. The molecule has 1 nitrogen and oxygen atoms in total. The summed E-state index contributed by atoms with van der Waals surface area (Å²) in [6.07, 6.45) is 5.00. The molecule has 1 aliphatic carbocycles. The van der Waals surface area contributed by atoms with Crippen molar-refractivity contribution in [3.8, 4) is 0 Å². The van der Waals surface area contributed by atoms with Gasteiger partial charge in [-0.15, -0.1) is 0 Å². The summed E-state index contributed by atoms with van der Waals surface area (Å²) in [5.74, 6) is -1.54. The second kappa shape index (κ2) is 3.95. The van der Waals surface area contributed by atoms with E-state index < -0.39 is 11.7 Å². The number of rotatable bonds is 2.